The number of carboxylic acid groups (broad SMARTS) is 1. The van der Waals surface area contributed by atoms with Gasteiger partial charge in [-0.2, -0.15) is 0 Å². The van der Waals surface area contributed by atoms with Gasteiger partial charge in [-0.05, 0) is 12.1 Å². The van der Waals surface area contributed by atoms with E-state index in [0.29, 0.717) is 6.54 Å². The molecule has 7 heteroatoms. The van der Waals surface area contributed by atoms with Gasteiger partial charge in [0.2, 0.25) is 0 Å². The fraction of sp³-hybridized carbons (Fsp3) is 0.211. The van der Waals surface area contributed by atoms with Crippen molar-refractivity contribution in [3.63, 3.8) is 0 Å². The smallest absolute Gasteiger partial charge is 0.339 e. The molecule has 1 amide bonds. The van der Waals surface area contributed by atoms with Crippen LogP contribution in [-0.2, 0) is 20.9 Å². The molecule has 26 heavy (non-hydrogen) atoms. The number of hydrogen-bond acceptors (Lipinski definition) is 5. The Morgan fingerprint density at radius 1 is 1.08 bits per heavy atom. The highest BCUT2D eigenvalue weighted by Crippen LogP contribution is 2.16. The summed E-state index contributed by atoms with van der Waals surface area (Å²) in [7, 11) is 1.24. The van der Waals surface area contributed by atoms with Crippen molar-refractivity contribution in [2.75, 3.05) is 12.4 Å². The van der Waals surface area contributed by atoms with Crippen LogP contribution >= 0.6 is 0 Å². The lowest BCUT2D eigenvalue weighted by Crippen LogP contribution is -2.91. The summed E-state index contributed by atoms with van der Waals surface area (Å²) in [5.74, 6) is -2.44. The third-order valence-corrected chi connectivity index (χ3v) is 3.79. The molecule has 0 aromatic heterocycles. The molecule has 0 saturated heterocycles. The second-order valence-electron chi connectivity index (χ2n) is 5.63. The fourth-order valence-electron chi connectivity index (χ4n) is 2.46. The zero-order valence-corrected chi connectivity index (χ0v) is 14.3. The van der Waals surface area contributed by atoms with Gasteiger partial charge in [0.25, 0.3) is 5.91 Å². The number of esters is 1. The molecule has 1 atom stereocenters. The summed E-state index contributed by atoms with van der Waals surface area (Å²) in [6, 6.07) is 14.8. The minimum Gasteiger partial charge on any atom is -0.550 e. The predicted molar refractivity (Wildman–Crippen MR) is 91.9 cm³/mol. The molecule has 0 radical (unpaired) electrons. The number of carboxylic acids is 1. The van der Waals surface area contributed by atoms with Gasteiger partial charge in [0.1, 0.15) is 6.54 Å². The van der Waals surface area contributed by atoms with E-state index in [1.165, 1.54) is 13.2 Å². The van der Waals surface area contributed by atoms with Crippen molar-refractivity contribution >= 4 is 23.5 Å². The molecular weight excluding hydrogens is 336 g/mol. The number of quaternary nitrogens is 1. The molecule has 7 nitrogen and oxygen atoms in total. The Kier molecular flexibility index (Phi) is 6.87. The van der Waals surface area contributed by atoms with E-state index in [-0.39, 0.29) is 11.3 Å². The standard InChI is InChI=1S/C19H20N2O5/c1-26-19(25)14-9-5-6-10-15(14)21-18(24)16(11-17(22)23)20-12-13-7-3-2-4-8-13/h2-10,16,20H,11-12H2,1H3,(H,21,24)(H,22,23). The molecule has 0 saturated carbocycles. The van der Waals surface area contributed by atoms with Crippen LogP contribution in [0.3, 0.4) is 0 Å². The van der Waals surface area contributed by atoms with Gasteiger partial charge in [-0.3, -0.25) is 4.79 Å². The van der Waals surface area contributed by atoms with Crippen molar-refractivity contribution in [2.45, 2.75) is 19.0 Å². The number of methoxy groups -OCH3 is 1. The van der Waals surface area contributed by atoms with Crippen LogP contribution in [-0.4, -0.2) is 31.0 Å². The van der Waals surface area contributed by atoms with Crippen LogP contribution in [0.15, 0.2) is 54.6 Å². The summed E-state index contributed by atoms with van der Waals surface area (Å²) < 4.78 is 4.69. The van der Waals surface area contributed by atoms with Crippen molar-refractivity contribution < 1.29 is 29.5 Å². The number of rotatable bonds is 8. The van der Waals surface area contributed by atoms with E-state index >= 15 is 0 Å². The Morgan fingerprint density at radius 2 is 1.73 bits per heavy atom. The molecule has 136 valence electrons. The maximum absolute atomic E-state index is 12.5. The van der Waals surface area contributed by atoms with Crippen LogP contribution in [0.2, 0.25) is 0 Å². The van der Waals surface area contributed by atoms with E-state index in [1.807, 2.05) is 30.3 Å². The Labute approximate surface area is 151 Å². The first kappa shape index (κ1) is 19.1. The second kappa shape index (κ2) is 9.33. The number of nitrogens with two attached hydrogens (primary N) is 1. The zero-order valence-electron chi connectivity index (χ0n) is 14.3. The summed E-state index contributed by atoms with van der Waals surface area (Å²) in [5, 5.41) is 15.2. The Hall–Kier alpha value is -3.19. The molecule has 0 aliphatic heterocycles. The average Bonchev–Trinajstić information content (AvgIpc) is 2.65. The number of carbonyl (C=O) groups is 3. The summed E-state index contributed by atoms with van der Waals surface area (Å²) >= 11 is 0. The first-order valence-corrected chi connectivity index (χ1v) is 8.06. The van der Waals surface area contributed by atoms with Crippen LogP contribution in [0, 0.1) is 0 Å². The Morgan fingerprint density at radius 3 is 2.38 bits per heavy atom. The number of benzene rings is 2. The lowest BCUT2D eigenvalue weighted by Gasteiger charge is -2.17. The van der Waals surface area contributed by atoms with E-state index in [4.69, 9.17) is 0 Å². The second-order valence-corrected chi connectivity index (χ2v) is 5.63. The molecule has 2 rings (SSSR count). The molecule has 2 aromatic rings. The highest BCUT2D eigenvalue weighted by molar-refractivity contribution is 6.02. The fourth-order valence-corrected chi connectivity index (χ4v) is 2.46. The maximum atomic E-state index is 12.5. The number of carbonyl (C=O) groups excluding carboxylic acids is 3. The normalized spacial score (nSPS) is 11.4. The lowest BCUT2D eigenvalue weighted by atomic mass is 10.1. The highest BCUT2D eigenvalue weighted by atomic mass is 16.5. The molecule has 3 N–H and O–H groups in total. The molecule has 2 aromatic carbocycles. The van der Waals surface area contributed by atoms with Crippen LogP contribution in [0.5, 0.6) is 0 Å². The number of aliphatic carboxylic acids is 1. The molecule has 0 fully saturated rings. The molecule has 0 heterocycles. The van der Waals surface area contributed by atoms with Gasteiger partial charge in [-0.15, -0.1) is 0 Å². The number of nitrogens with one attached hydrogen (secondary N) is 1. The van der Waals surface area contributed by atoms with E-state index < -0.39 is 30.3 Å². The van der Waals surface area contributed by atoms with Crippen molar-refractivity contribution in [3.8, 4) is 0 Å². The summed E-state index contributed by atoms with van der Waals surface area (Å²) in [4.78, 5) is 35.3. The van der Waals surface area contributed by atoms with Crippen LogP contribution in [0.4, 0.5) is 5.69 Å². The number of para-hydroxylation sites is 1. The number of hydrogen-bond donors (Lipinski definition) is 2. The van der Waals surface area contributed by atoms with E-state index in [2.05, 4.69) is 10.1 Å². The minimum atomic E-state index is -1.32. The largest absolute Gasteiger partial charge is 0.550 e. The van der Waals surface area contributed by atoms with Crippen LogP contribution in [0.1, 0.15) is 22.3 Å². The van der Waals surface area contributed by atoms with Gasteiger partial charge in [0, 0.05) is 18.0 Å². The van der Waals surface area contributed by atoms with Gasteiger partial charge in [-0.1, -0.05) is 42.5 Å². The molecule has 0 aliphatic carbocycles. The van der Waals surface area contributed by atoms with Crippen molar-refractivity contribution in [2.24, 2.45) is 0 Å². The zero-order chi connectivity index (χ0) is 18.9. The summed E-state index contributed by atoms with van der Waals surface area (Å²) in [5.41, 5.74) is 1.41. The predicted octanol–water partition coefficient (Wildman–Crippen LogP) is -0.316. The molecule has 0 bridgehead atoms. The van der Waals surface area contributed by atoms with Gasteiger partial charge < -0.3 is 25.3 Å². The maximum Gasteiger partial charge on any atom is 0.339 e. The van der Waals surface area contributed by atoms with E-state index in [1.54, 1.807) is 23.5 Å². The molecular formula is C19H20N2O5. The van der Waals surface area contributed by atoms with E-state index in [0.717, 1.165) is 5.56 Å². The molecule has 1 unspecified atom stereocenters. The topological polar surface area (TPSA) is 112 Å². The summed E-state index contributed by atoms with van der Waals surface area (Å²) in [6.07, 6.45) is -0.445. The third kappa shape index (κ3) is 5.42. The monoisotopic (exact) mass is 356 g/mol. The van der Waals surface area contributed by atoms with Gasteiger partial charge in [0.05, 0.1) is 18.4 Å². The first-order chi connectivity index (χ1) is 12.5. The van der Waals surface area contributed by atoms with E-state index in [9.17, 15) is 19.5 Å². The molecule has 0 aliphatic rings. The van der Waals surface area contributed by atoms with Crippen molar-refractivity contribution in [3.05, 3.63) is 65.7 Å². The van der Waals surface area contributed by atoms with Gasteiger partial charge >= 0.3 is 5.97 Å². The van der Waals surface area contributed by atoms with Crippen molar-refractivity contribution in [1.82, 2.24) is 0 Å². The minimum absolute atomic E-state index is 0.193. The lowest BCUT2D eigenvalue weighted by molar-refractivity contribution is -0.691. The van der Waals surface area contributed by atoms with Crippen molar-refractivity contribution in [1.29, 1.82) is 0 Å². The first-order valence-electron chi connectivity index (χ1n) is 8.06. The van der Waals surface area contributed by atoms with Gasteiger partial charge in [0.15, 0.2) is 6.04 Å². The van der Waals surface area contributed by atoms with Crippen LogP contribution < -0.4 is 15.7 Å². The van der Waals surface area contributed by atoms with Crippen LogP contribution in [0.25, 0.3) is 0 Å². The third-order valence-electron chi connectivity index (χ3n) is 3.79. The average molecular weight is 356 g/mol. The number of ether oxygens (including phenoxy) is 1. The SMILES string of the molecule is COC(=O)c1ccccc1NC(=O)C(CC(=O)[O-])[NH2+]Cc1ccccc1. The summed E-state index contributed by atoms with van der Waals surface area (Å²) in [6.45, 7) is 0.435. The quantitative estimate of drug-likeness (QED) is 0.630. The number of anilines is 1. The number of amides is 1. The Bertz CT molecular complexity index is 777. The van der Waals surface area contributed by atoms with Gasteiger partial charge in [-0.25, -0.2) is 4.79 Å². The highest BCUT2D eigenvalue weighted by Gasteiger charge is 2.24. The molecule has 0 spiro atoms. The Balaban J connectivity index is 2.11.